The van der Waals surface area contributed by atoms with Crippen LogP contribution in [0, 0.1) is 17.7 Å². The van der Waals surface area contributed by atoms with Crippen LogP contribution in [-0.4, -0.2) is 36.2 Å². The molecule has 0 radical (unpaired) electrons. The van der Waals surface area contributed by atoms with Crippen LogP contribution in [0.3, 0.4) is 0 Å². The fourth-order valence-electron chi connectivity index (χ4n) is 4.60. The zero-order valence-electron chi connectivity index (χ0n) is 18.7. The number of aliphatic carboxylic acids is 1. The number of fused-ring (bicyclic) bond motifs is 3. The normalized spacial score (nSPS) is 17.7. The molecule has 2 aliphatic carbocycles. The molecular weight excluding hydrogens is 451 g/mol. The maximum absolute atomic E-state index is 14.6. The number of carbonyl (C=O) groups is 3. The Morgan fingerprint density at radius 3 is 2.23 bits per heavy atom. The van der Waals surface area contributed by atoms with Crippen molar-refractivity contribution < 1.29 is 28.6 Å². The number of nitrogens with one attached hydrogen (secondary N) is 2. The number of carbonyl (C=O) groups excluding carboxylic acids is 2. The highest BCUT2D eigenvalue weighted by Gasteiger charge is 2.43. The summed E-state index contributed by atoms with van der Waals surface area (Å²) in [5.41, 5.74) is 4.34. The average Bonchev–Trinajstić information content (AvgIpc) is 3.58. The van der Waals surface area contributed by atoms with Crippen molar-refractivity contribution in [1.82, 2.24) is 5.32 Å². The van der Waals surface area contributed by atoms with Gasteiger partial charge in [-0.25, -0.2) is 9.18 Å². The van der Waals surface area contributed by atoms with E-state index in [0.29, 0.717) is 6.42 Å². The number of anilines is 1. The van der Waals surface area contributed by atoms with Crippen LogP contribution in [0.1, 0.15) is 33.8 Å². The standard InChI is InChI=1S/C27H23FN2O5/c28-23-12-15(25(31)29-13-16-11-21(16)26(32)33)9-10-24(23)30-27(34)35-14-22-19-7-3-1-5-17(19)18-6-2-4-8-20(18)22/h1-10,12,16,21-22H,11,13-14H2,(H,29,31)(H,30,34)(H,32,33)/t16-,21-/m1/s1. The van der Waals surface area contributed by atoms with Crippen LogP contribution < -0.4 is 10.6 Å². The summed E-state index contributed by atoms with van der Waals surface area (Å²) >= 11 is 0. The first-order valence-corrected chi connectivity index (χ1v) is 11.3. The smallest absolute Gasteiger partial charge is 0.411 e. The number of amides is 2. The van der Waals surface area contributed by atoms with Gasteiger partial charge in [0, 0.05) is 18.0 Å². The van der Waals surface area contributed by atoms with Crippen LogP contribution in [0.5, 0.6) is 0 Å². The number of benzene rings is 3. The second-order valence-corrected chi connectivity index (χ2v) is 8.80. The van der Waals surface area contributed by atoms with Crippen molar-refractivity contribution in [2.75, 3.05) is 18.5 Å². The lowest BCUT2D eigenvalue weighted by atomic mass is 9.98. The van der Waals surface area contributed by atoms with E-state index < -0.39 is 29.7 Å². The van der Waals surface area contributed by atoms with Crippen LogP contribution in [-0.2, 0) is 9.53 Å². The molecule has 8 heteroatoms. The Kier molecular flexibility index (Phi) is 5.94. The topological polar surface area (TPSA) is 105 Å². The maximum atomic E-state index is 14.6. The van der Waals surface area contributed by atoms with E-state index in [4.69, 9.17) is 9.84 Å². The summed E-state index contributed by atoms with van der Waals surface area (Å²) in [5.74, 6) is -2.81. The minimum Gasteiger partial charge on any atom is -0.481 e. The minimum atomic E-state index is -0.876. The van der Waals surface area contributed by atoms with E-state index >= 15 is 0 Å². The van der Waals surface area contributed by atoms with E-state index in [1.165, 1.54) is 12.1 Å². The SMILES string of the molecule is O=C(Nc1ccc(C(=O)NC[C@H]2C[C@H]2C(=O)O)cc1F)OCC1c2ccccc2-c2ccccc21. The molecular formula is C27H23FN2O5. The van der Waals surface area contributed by atoms with Crippen molar-refractivity contribution in [1.29, 1.82) is 0 Å². The van der Waals surface area contributed by atoms with Gasteiger partial charge in [-0.15, -0.1) is 0 Å². The molecule has 3 aromatic carbocycles. The molecule has 2 amide bonds. The van der Waals surface area contributed by atoms with E-state index in [0.717, 1.165) is 28.3 Å². The predicted molar refractivity (Wildman–Crippen MR) is 127 cm³/mol. The van der Waals surface area contributed by atoms with Crippen molar-refractivity contribution in [3.8, 4) is 11.1 Å². The second-order valence-electron chi connectivity index (χ2n) is 8.80. The molecule has 2 aliphatic rings. The molecule has 0 saturated heterocycles. The van der Waals surface area contributed by atoms with E-state index in [2.05, 4.69) is 10.6 Å². The minimum absolute atomic E-state index is 0.0770. The third kappa shape index (κ3) is 4.59. The Balaban J connectivity index is 1.18. The summed E-state index contributed by atoms with van der Waals surface area (Å²) in [4.78, 5) is 35.5. The number of hydrogen-bond acceptors (Lipinski definition) is 4. The first-order valence-electron chi connectivity index (χ1n) is 11.3. The van der Waals surface area contributed by atoms with Gasteiger partial charge in [0.05, 0.1) is 11.6 Å². The average molecular weight is 474 g/mol. The van der Waals surface area contributed by atoms with E-state index in [1.54, 1.807) is 0 Å². The highest BCUT2D eigenvalue weighted by atomic mass is 19.1. The molecule has 0 aliphatic heterocycles. The molecule has 7 nitrogen and oxygen atoms in total. The molecule has 3 N–H and O–H groups in total. The van der Waals surface area contributed by atoms with Crippen molar-refractivity contribution in [2.45, 2.75) is 12.3 Å². The molecule has 0 spiro atoms. The Morgan fingerprint density at radius 2 is 1.63 bits per heavy atom. The zero-order chi connectivity index (χ0) is 24.5. The summed E-state index contributed by atoms with van der Waals surface area (Å²) in [6.07, 6.45) is -0.274. The highest BCUT2D eigenvalue weighted by molar-refractivity contribution is 5.95. The largest absolute Gasteiger partial charge is 0.481 e. The van der Waals surface area contributed by atoms with Crippen molar-refractivity contribution in [2.24, 2.45) is 11.8 Å². The van der Waals surface area contributed by atoms with Gasteiger partial charge in [-0.05, 0) is 52.8 Å². The molecule has 178 valence electrons. The molecule has 1 saturated carbocycles. The summed E-state index contributed by atoms with van der Waals surface area (Å²) in [6.45, 7) is 0.317. The lowest BCUT2D eigenvalue weighted by Crippen LogP contribution is -2.26. The monoisotopic (exact) mass is 474 g/mol. The van der Waals surface area contributed by atoms with Crippen molar-refractivity contribution >= 4 is 23.7 Å². The molecule has 1 fully saturated rings. The van der Waals surface area contributed by atoms with E-state index in [-0.39, 0.29) is 36.2 Å². The molecule has 0 aromatic heterocycles. The first kappa shape index (κ1) is 22.6. The Labute approximate surface area is 200 Å². The van der Waals surface area contributed by atoms with Gasteiger partial charge in [0.15, 0.2) is 0 Å². The van der Waals surface area contributed by atoms with E-state index in [9.17, 15) is 18.8 Å². The summed E-state index contributed by atoms with van der Waals surface area (Å²) in [7, 11) is 0. The van der Waals surface area contributed by atoms with Gasteiger partial charge in [0.1, 0.15) is 12.4 Å². The summed E-state index contributed by atoms with van der Waals surface area (Å²) in [5, 5.41) is 13.9. The Hall–Kier alpha value is -4.20. The molecule has 3 aromatic rings. The van der Waals surface area contributed by atoms with Gasteiger partial charge in [0.25, 0.3) is 5.91 Å². The molecule has 0 heterocycles. The number of hydrogen-bond donors (Lipinski definition) is 3. The lowest BCUT2D eigenvalue weighted by molar-refractivity contribution is -0.138. The predicted octanol–water partition coefficient (Wildman–Crippen LogP) is 4.64. The van der Waals surface area contributed by atoms with Crippen LogP contribution >= 0.6 is 0 Å². The molecule has 2 atom stereocenters. The van der Waals surface area contributed by atoms with Crippen LogP contribution in [0.25, 0.3) is 11.1 Å². The first-order chi connectivity index (χ1) is 16.9. The highest BCUT2D eigenvalue weighted by Crippen LogP contribution is 2.44. The van der Waals surface area contributed by atoms with Gasteiger partial charge in [0.2, 0.25) is 0 Å². The van der Waals surface area contributed by atoms with Crippen LogP contribution in [0.4, 0.5) is 14.9 Å². The summed E-state index contributed by atoms with van der Waals surface area (Å²) < 4.78 is 20.0. The maximum Gasteiger partial charge on any atom is 0.411 e. The number of carboxylic acids is 1. The lowest BCUT2D eigenvalue weighted by Gasteiger charge is -2.15. The van der Waals surface area contributed by atoms with Gasteiger partial charge >= 0.3 is 12.1 Å². The van der Waals surface area contributed by atoms with Gasteiger partial charge in [-0.1, -0.05) is 48.5 Å². The van der Waals surface area contributed by atoms with Crippen LogP contribution in [0.15, 0.2) is 66.7 Å². The fraction of sp³-hybridized carbons (Fsp3) is 0.222. The number of ether oxygens (including phenoxy) is 1. The van der Waals surface area contributed by atoms with Gasteiger partial charge in [-0.2, -0.15) is 0 Å². The van der Waals surface area contributed by atoms with Gasteiger partial charge < -0.3 is 15.2 Å². The second kappa shape index (κ2) is 9.21. The van der Waals surface area contributed by atoms with Crippen molar-refractivity contribution in [3.05, 3.63) is 89.2 Å². The third-order valence-electron chi connectivity index (χ3n) is 6.58. The van der Waals surface area contributed by atoms with Crippen LogP contribution in [0.2, 0.25) is 0 Å². The van der Waals surface area contributed by atoms with Gasteiger partial charge in [-0.3, -0.25) is 14.9 Å². The quantitative estimate of drug-likeness (QED) is 0.463. The number of carboxylic acid groups (broad SMARTS) is 1. The fourth-order valence-corrected chi connectivity index (χ4v) is 4.60. The van der Waals surface area contributed by atoms with Crippen molar-refractivity contribution in [3.63, 3.8) is 0 Å². The number of halogens is 1. The number of rotatable bonds is 7. The zero-order valence-corrected chi connectivity index (χ0v) is 18.7. The molecule has 35 heavy (non-hydrogen) atoms. The summed E-state index contributed by atoms with van der Waals surface area (Å²) in [6, 6.07) is 19.6. The third-order valence-corrected chi connectivity index (χ3v) is 6.58. The Bertz CT molecular complexity index is 1280. The van der Waals surface area contributed by atoms with E-state index in [1.807, 2.05) is 48.5 Å². The molecule has 5 rings (SSSR count). The molecule has 0 bridgehead atoms. The Morgan fingerprint density at radius 1 is 0.971 bits per heavy atom. The molecule has 0 unspecified atom stereocenters.